The number of halogens is 3. The first-order valence-electron chi connectivity index (χ1n) is 0. The van der Waals surface area contributed by atoms with Gasteiger partial charge in [0.05, 0.1) is 0 Å². The number of hydrogen-bond donors (Lipinski definition) is 0. The van der Waals surface area contributed by atoms with Crippen LogP contribution in [0.4, 0.5) is 14.1 Å². The summed E-state index contributed by atoms with van der Waals surface area (Å²) in [5.74, 6) is 0. The predicted molar refractivity (Wildman–Crippen MR) is 13.3 cm³/mol. The fraction of sp³-hybridized carbons (Fsp3) is 0. The van der Waals surface area contributed by atoms with Crippen molar-refractivity contribution in [1.82, 2.24) is 0 Å². The standard InChI is InChI=1S/3FH.Si/h3*1H;. The molecule has 0 amide bonds. The van der Waals surface area contributed by atoms with Crippen LogP contribution in [0.25, 0.3) is 0 Å². The van der Waals surface area contributed by atoms with Crippen LogP contribution < -0.4 is 0 Å². The van der Waals surface area contributed by atoms with Crippen LogP contribution in [0.3, 0.4) is 0 Å². The van der Waals surface area contributed by atoms with Gasteiger partial charge in [-0.1, -0.05) is 0 Å². The van der Waals surface area contributed by atoms with E-state index in [2.05, 4.69) is 0 Å². The predicted octanol–water partition coefficient (Wildman–Crippen LogP) is 0.0767. The molecule has 0 rings (SSSR count). The molecule has 0 aliphatic heterocycles. The van der Waals surface area contributed by atoms with Gasteiger partial charge in [0.2, 0.25) is 0 Å². The molecule has 0 aromatic carbocycles. The molecule has 0 fully saturated rings. The zero-order valence-corrected chi connectivity index (χ0v) is 2.72. The molecule has 0 aromatic heterocycles. The Morgan fingerprint density at radius 2 is 0.500 bits per heavy atom. The largest absolute Gasteiger partial charge is 0.269 e. The zero-order chi connectivity index (χ0) is 0. The van der Waals surface area contributed by atoms with Crippen LogP contribution in [-0.2, 0) is 0 Å². The lowest BCUT2D eigenvalue weighted by molar-refractivity contribution is 1.11. The Balaban J connectivity index is 0. The van der Waals surface area contributed by atoms with Crippen molar-refractivity contribution >= 4 is 11.0 Å². The van der Waals surface area contributed by atoms with Crippen molar-refractivity contribution < 1.29 is 14.1 Å². The summed E-state index contributed by atoms with van der Waals surface area (Å²) in [6.07, 6.45) is 0. The molecule has 0 saturated carbocycles. The van der Waals surface area contributed by atoms with E-state index in [4.69, 9.17) is 0 Å². The molecule has 4 radical (unpaired) electrons. The van der Waals surface area contributed by atoms with E-state index >= 15 is 0 Å². The average molecular weight is 88.1 g/mol. The van der Waals surface area contributed by atoms with Crippen molar-refractivity contribution in [3.05, 3.63) is 0 Å². The third-order valence-electron chi connectivity index (χ3n) is 0. The van der Waals surface area contributed by atoms with Gasteiger partial charge in [0, 0.05) is 11.0 Å². The molecule has 0 saturated heterocycles. The van der Waals surface area contributed by atoms with E-state index in [-0.39, 0.29) is 25.1 Å². The molecular weight excluding hydrogens is 85.1 g/mol. The van der Waals surface area contributed by atoms with Crippen LogP contribution >= 0.6 is 0 Å². The summed E-state index contributed by atoms with van der Waals surface area (Å²) in [5.41, 5.74) is 0. The molecule has 0 aliphatic carbocycles. The monoisotopic (exact) mass is 88.0 g/mol. The highest BCUT2D eigenvalue weighted by Gasteiger charge is 0.0000112. The lowest BCUT2D eigenvalue weighted by Gasteiger charge is -0.270. The van der Waals surface area contributed by atoms with Crippen LogP contribution in [0.2, 0.25) is 0 Å². The van der Waals surface area contributed by atoms with Gasteiger partial charge in [0.15, 0.2) is 0 Å². The summed E-state index contributed by atoms with van der Waals surface area (Å²) < 4.78 is 0. The normalized spacial score (nSPS) is 0. The quantitative estimate of drug-likeness (QED) is 0.368. The van der Waals surface area contributed by atoms with E-state index in [1.165, 1.54) is 0 Å². The minimum atomic E-state index is 0. The number of rotatable bonds is 0. The summed E-state index contributed by atoms with van der Waals surface area (Å²) in [7, 11) is 0. The van der Waals surface area contributed by atoms with Gasteiger partial charge in [-0.2, -0.15) is 0 Å². The molecule has 0 bridgehead atoms. The Kier molecular flexibility index (Phi) is 48900000000. The van der Waals surface area contributed by atoms with E-state index in [1.54, 1.807) is 0 Å². The molecular formula is H3F3Si. The molecule has 0 heterocycles. The van der Waals surface area contributed by atoms with Crippen molar-refractivity contribution in [3.63, 3.8) is 0 Å². The van der Waals surface area contributed by atoms with Crippen LogP contribution in [0.5, 0.6) is 0 Å². The molecule has 0 N–H and O–H groups in total. The molecule has 0 aliphatic rings. The van der Waals surface area contributed by atoms with Gasteiger partial charge < -0.3 is 0 Å². The average Bonchev–Trinajstić information content (AvgIpc) is 0. The Hall–Kier alpha value is 0.00688. The molecule has 0 nitrogen and oxygen atoms in total. The first-order valence-corrected chi connectivity index (χ1v) is 0. The third-order valence-corrected chi connectivity index (χ3v) is 0. The highest BCUT2D eigenvalue weighted by Crippen LogP contribution is 0.422. The van der Waals surface area contributed by atoms with Gasteiger partial charge in [-0.05, 0) is 0 Å². The SMILES string of the molecule is F.F.F.[Si]. The van der Waals surface area contributed by atoms with Crippen molar-refractivity contribution in [2.45, 2.75) is 0 Å². The Morgan fingerprint density at radius 3 is 0.500 bits per heavy atom. The Labute approximate surface area is 26.3 Å². The fourth-order valence-corrected chi connectivity index (χ4v) is 0. The smallest absolute Gasteiger partial charge is 0 e. The Morgan fingerprint density at radius 1 is 0.500 bits per heavy atom. The van der Waals surface area contributed by atoms with E-state index < -0.39 is 0 Å². The summed E-state index contributed by atoms with van der Waals surface area (Å²) in [5, 5.41) is 0. The first kappa shape index (κ1) is 765000. The molecule has 0 unspecified atom stereocenters. The Bertz CT molecular complexity index is 3.25. The van der Waals surface area contributed by atoms with E-state index in [9.17, 15) is 0 Å². The van der Waals surface area contributed by atoms with Gasteiger partial charge in [-0.3, -0.25) is 14.1 Å². The lowest BCUT2D eigenvalue weighted by atomic mass is 19.0. The molecule has 28 valence electrons. The van der Waals surface area contributed by atoms with Gasteiger partial charge in [-0.15, -0.1) is 0 Å². The minimum Gasteiger partial charge on any atom is -0.269 e. The summed E-state index contributed by atoms with van der Waals surface area (Å²) >= 11 is 0. The highest BCUT2D eigenvalue weighted by molar-refractivity contribution is 5.75. The van der Waals surface area contributed by atoms with Gasteiger partial charge >= 0.3 is 0 Å². The second kappa shape index (κ2) is 256000. The molecule has 0 atom stereocenters. The van der Waals surface area contributed by atoms with E-state index in [1.807, 2.05) is 0 Å². The van der Waals surface area contributed by atoms with E-state index in [0.29, 0.717) is 0 Å². The van der Waals surface area contributed by atoms with Gasteiger partial charge in [-0.25, -0.2) is 0 Å². The first-order chi connectivity index (χ1) is 0. The maximum Gasteiger partial charge on any atom is 0 e. The summed E-state index contributed by atoms with van der Waals surface area (Å²) in [6, 6.07) is 0. The van der Waals surface area contributed by atoms with Gasteiger partial charge in [0.25, 0.3) is 0 Å². The maximum absolute atomic E-state index is 0. The molecule has 4 heteroatoms. The second-order valence-electron chi connectivity index (χ2n) is 0. The van der Waals surface area contributed by atoms with Crippen LogP contribution in [0.15, 0.2) is 0 Å². The van der Waals surface area contributed by atoms with Crippen molar-refractivity contribution in [2.75, 3.05) is 0 Å². The van der Waals surface area contributed by atoms with Crippen LogP contribution in [0, 0.1) is 0 Å². The zero-order valence-electron chi connectivity index (χ0n) is 1.72. The summed E-state index contributed by atoms with van der Waals surface area (Å²) in [6.45, 7) is 0. The fourth-order valence-electron chi connectivity index (χ4n) is 0. The van der Waals surface area contributed by atoms with Crippen molar-refractivity contribution in [3.8, 4) is 0 Å². The summed E-state index contributed by atoms with van der Waals surface area (Å²) in [4.78, 5) is 0. The maximum atomic E-state index is 0. The van der Waals surface area contributed by atoms with E-state index in [0.717, 1.165) is 0 Å². The third kappa shape index (κ3) is 42900. The molecule has 0 spiro atoms. The highest BCUT2D eigenvalue weighted by atomic mass is 28.1. The molecule has 0 aromatic rings. The number of hydrogen-bond acceptors (Lipinski definition) is 0. The lowest BCUT2D eigenvalue weighted by Crippen LogP contribution is -0.381. The minimum absolute atomic E-state index is 0. The molecule has 4 heavy (non-hydrogen) atoms. The van der Waals surface area contributed by atoms with Gasteiger partial charge in [0.1, 0.15) is 0 Å². The second-order valence-corrected chi connectivity index (χ2v) is 0. The van der Waals surface area contributed by atoms with Crippen molar-refractivity contribution in [2.24, 2.45) is 0 Å². The van der Waals surface area contributed by atoms with Crippen LogP contribution in [-0.4, -0.2) is 11.0 Å². The van der Waals surface area contributed by atoms with Crippen LogP contribution in [0.1, 0.15) is 0 Å². The van der Waals surface area contributed by atoms with Crippen molar-refractivity contribution in [1.29, 1.82) is 0 Å². The topological polar surface area (TPSA) is 0 Å².